The SMILES string of the molecule is O=C([O-])c1ccccc1-c1c2cc(F)c(=[N+]3CC(F)(F)C3)cc-2oc2cc(N3CC(F)(F)C3)c(F)cc12. The molecule has 0 spiro atoms. The Hall–Kier alpha value is -4.02. The summed E-state index contributed by atoms with van der Waals surface area (Å²) in [5.41, 5.74) is -0.139. The first-order chi connectivity index (χ1) is 17.4. The van der Waals surface area contributed by atoms with E-state index < -0.39 is 55.6 Å². The second-order valence-electron chi connectivity index (χ2n) is 9.33. The number of alkyl halides is 4. The van der Waals surface area contributed by atoms with Crippen LogP contribution in [0.25, 0.3) is 33.4 Å². The van der Waals surface area contributed by atoms with E-state index in [1.807, 2.05) is 0 Å². The Balaban J connectivity index is 1.67. The van der Waals surface area contributed by atoms with Gasteiger partial charge in [0.2, 0.25) is 18.4 Å². The van der Waals surface area contributed by atoms with E-state index >= 15 is 8.78 Å². The van der Waals surface area contributed by atoms with E-state index in [0.29, 0.717) is 0 Å². The zero-order valence-electron chi connectivity index (χ0n) is 18.8. The van der Waals surface area contributed by atoms with Crippen molar-refractivity contribution in [3.63, 3.8) is 0 Å². The highest BCUT2D eigenvalue weighted by atomic mass is 19.3. The first-order valence-corrected chi connectivity index (χ1v) is 11.2. The zero-order valence-corrected chi connectivity index (χ0v) is 18.8. The van der Waals surface area contributed by atoms with Crippen LogP contribution in [0.3, 0.4) is 0 Å². The minimum Gasteiger partial charge on any atom is -0.545 e. The van der Waals surface area contributed by atoms with Gasteiger partial charge in [-0.05, 0) is 17.7 Å². The maximum Gasteiger partial charge on any atom is 0.361 e. The minimum absolute atomic E-state index is 0.00812. The summed E-state index contributed by atoms with van der Waals surface area (Å²) in [5.74, 6) is -9.17. The van der Waals surface area contributed by atoms with Crippen LogP contribution in [-0.4, -0.2) is 44.0 Å². The Morgan fingerprint density at radius 3 is 2.27 bits per heavy atom. The summed E-state index contributed by atoms with van der Waals surface area (Å²) in [6.45, 7) is -2.77. The quantitative estimate of drug-likeness (QED) is 0.236. The molecule has 0 radical (unpaired) electrons. The van der Waals surface area contributed by atoms with Gasteiger partial charge in [-0.1, -0.05) is 24.3 Å². The number of hydrogen-bond donors (Lipinski definition) is 0. The molecule has 0 unspecified atom stereocenters. The van der Waals surface area contributed by atoms with E-state index in [-0.39, 0.29) is 50.0 Å². The molecule has 0 N–H and O–H groups in total. The Bertz CT molecular complexity index is 1640. The highest BCUT2D eigenvalue weighted by molar-refractivity contribution is 6.07. The van der Waals surface area contributed by atoms with Crippen molar-refractivity contribution in [3.05, 3.63) is 71.1 Å². The molecule has 2 aromatic carbocycles. The number of carbonyl (C=O) groups is 1. The Labute approximate surface area is 204 Å². The summed E-state index contributed by atoms with van der Waals surface area (Å²) in [7, 11) is 0. The van der Waals surface area contributed by atoms with Gasteiger partial charge in [-0.15, -0.1) is 0 Å². The van der Waals surface area contributed by atoms with E-state index in [4.69, 9.17) is 4.42 Å². The highest BCUT2D eigenvalue weighted by Gasteiger charge is 2.50. The van der Waals surface area contributed by atoms with E-state index in [2.05, 4.69) is 0 Å². The molecule has 0 aromatic heterocycles. The van der Waals surface area contributed by atoms with Gasteiger partial charge in [-0.25, -0.2) is 17.7 Å². The first-order valence-electron chi connectivity index (χ1n) is 11.2. The van der Waals surface area contributed by atoms with Crippen molar-refractivity contribution in [1.29, 1.82) is 0 Å². The number of anilines is 1. The van der Waals surface area contributed by atoms with Gasteiger partial charge in [0.15, 0.2) is 5.82 Å². The third kappa shape index (κ3) is 3.80. The third-order valence-corrected chi connectivity index (χ3v) is 6.64. The molecule has 3 heterocycles. The molecular formula is C26H16F6N2O3. The predicted molar refractivity (Wildman–Crippen MR) is 120 cm³/mol. The van der Waals surface area contributed by atoms with Crippen molar-refractivity contribution in [3.8, 4) is 22.5 Å². The van der Waals surface area contributed by atoms with E-state index in [1.165, 1.54) is 36.4 Å². The molecule has 5 nitrogen and oxygen atoms in total. The highest BCUT2D eigenvalue weighted by Crippen LogP contribution is 2.44. The standard InChI is InChI=1S/C26H16F6N2O3/c27-17-5-15-21(7-19(17)33-9-25(29,30)10-33)37-22-8-20(34-11-26(31,32)12-34)18(28)6-16(22)23(15)13-3-1-2-4-14(13)24(35)36/h1-8H,9-12H2. The van der Waals surface area contributed by atoms with Gasteiger partial charge in [0, 0.05) is 28.1 Å². The van der Waals surface area contributed by atoms with Crippen molar-refractivity contribution in [2.75, 3.05) is 31.1 Å². The molecule has 3 aliphatic heterocycles. The average Bonchev–Trinajstić information content (AvgIpc) is 2.79. The van der Waals surface area contributed by atoms with Crippen LogP contribution in [0.15, 0.2) is 52.9 Å². The van der Waals surface area contributed by atoms with Crippen LogP contribution in [0.1, 0.15) is 10.4 Å². The molecule has 1 aliphatic carbocycles. The third-order valence-electron chi connectivity index (χ3n) is 6.64. The summed E-state index contributed by atoms with van der Waals surface area (Å²) < 4.78 is 91.1. The summed E-state index contributed by atoms with van der Waals surface area (Å²) in [4.78, 5) is 13.0. The lowest BCUT2D eigenvalue weighted by molar-refractivity contribution is -0.254. The molecular weight excluding hydrogens is 502 g/mol. The van der Waals surface area contributed by atoms with Crippen LogP contribution in [0.4, 0.5) is 32.0 Å². The van der Waals surface area contributed by atoms with Crippen molar-refractivity contribution in [1.82, 2.24) is 4.58 Å². The topological polar surface area (TPSA) is 59.5 Å². The molecule has 190 valence electrons. The van der Waals surface area contributed by atoms with Gasteiger partial charge in [-0.3, -0.25) is 0 Å². The molecule has 0 atom stereocenters. The molecule has 4 aliphatic rings. The van der Waals surface area contributed by atoms with Crippen molar-refractivity contribution >= 4 is 22.6 Å². The smallest absolute Gasteiger partial charge is 0.361 e. The second kappa shape index (κ2) is 7.74. The summed E-state index contributed by atoms with van der Waals surface area (Å²) in [6, 6.07) is 10.2. The van der Waals surface area contributed by atoms with Crippen molar-refractivity contribution < 1.29 is 40.7 Å². The molecule has 6 rings (SSSR count). The normalized spacial score (nSPS) is 18.1. The van der Waals surface area contributed by atoms with Crippen molar-refractivity contribution in [2.45, 2.75) is 11.8 Å². The Kier molecular flexibility index (Phi) is 4.89. The number of carbonyl (C=O) groups excluding carboxylic acids is 1. The number of fused-ring (bicyclic) bond motifs is 2. The number of aromatic carboxylic acids is 1. The van der Waals surface area contributed by atoms with Gasteiger partial charge >= 0.3 is 5.92 Å². The minimum atomic E-state index is -2.97. The fourth-order valence-corrected chi connectivity index (χ4v) is 4.93. The monoisotopic (exact) mass is 518 g/mol. The van der Waals surface area contributed by atoms with E-state index in [1.54, 1.807) is 0 Å². The van der Waals surface area contributed by atoms with Gasteiger partial charge in [0.1, 0.15) is 17.2 Å². The summed E-state index contributed by atoms with van der Waals surface area (Å²) in [5, 5.41) is 11.8. The van der Waals surface area contributed by atoms with Gasteiger partial charge in [0.05, 0.1) is 30.8 Å². The molecule has 0 bridgehead atoms. The zero-order chi connectivity index (χ0) is 26.3. The fraction of sp³-hybridized carbons (Fsp3) is 0.231. The number of halogens is 6. The molecule has 2 saturated heterocycles. The van der Waals surface area contributed by atoms with Crippen LogP contribution < -0.4 is 19.9 Å². The maximum absolute atomic E-state index is 15.2. The van der Waals surface area contributed by atoms with Crippen LogP contribution in [0, 0.1) is 11.6 Å². The average molecular weight is 518 g/mol. The van der Waals surface area contributed by atoms with Gasteiger partial charge in [-0.2, -0.15) is 13.2 Å². The van der Waals surface area contributed by atoms with E-state index in [9.17, 15) is 27.5 Å². The van der Waals surface area contributed by atoms with Gasteiger partial charge in [0.25, 0.3) is 5.92 Å². The second-order valence-corrected chi connectivity index (χ2v) is 9.33. The summed E-state index contributed by atoms with van der Waals surface area (Å²) >= 11 is 0. The van der Waals surface area contributed by atoms with Crippen molar-refractivity contribution in [2.24, 2.45) is 0 Å². The van der Waals surface area contributed by atoms with Crippen LogP contribution >= 0.6 is 0 Å². The van der Waals surface area contributed by atoms with Gasteiger partial charge < -0.3 is 19.2 Å². The van der Waals surface area contributed by atoms with E-state index in [0.717, 1.165) is 21.6 Å². The lowest BCUT2D eigenvalue weighted by Gasteiger charge is -2.40. The molecule has 0 saturated carbocycles. The van der Waals surface area contributed by atoms with Crippen LogP contribution in [-0.2, 0) is 0 Å². The maximum atomic E-state index is 15.2. The number of benzene rings is 3. The molecule has 0 amide bonds. The predicted octanol–water partition coefficient (Wildman–Crippen LogP) is 3.72. The largest absolute Gasteiger partial charge is 0.545 e. The van der Waals surface area contributed by atoms with Crippen LogP contribution in [0.5, 0.6) is 0 Å². The van der Waals surface area contributed by atoms with Crippen LogP contribution in [0.2, 0.25) is 0 Å². The first kappa shape index (κ1) is 23.4. The molecule has 2 fully saturated rings. The number of carboxylic acids is 1. The molecule has 11 heteroatoms. The molecule has 2 aromatic rings. The Morgan fingerprint density at radius 1 is 0.919 bits per heavy atom. The number of rotatable bonds is 3. The molecule has 37 heavy (non-hydrogen) atoms. The number of nitrogens with zero attached hydrogens (tertiary/aromatic N) is 2. The number of hydrogen-bond acceptors (Lipinski definition) is 4. The summed E-state index contributed by atoms with van der Waals surface area (Å²) in [6.07, 6.45) is 0. The lowest BCUT2D eigenvalue weighted by atomic mass is 9.90. The number of carboxylic acid groups (broad SMARTS) is 1. The fourth-order valence-electron chi connectivity index (χ4n) is 4.93. The lowest BCUT2D eigenvalue weighted by Crippen LogP contribution is -2.58. The Morgan fingerprint density at radius 2 is 1.62 bits per heavy atom.